The van der Waals surface area contributed by atoms with E-state index in [4.69, 9.17) is 29.4 Å². The highest BCUT2D eigenvalue weighted by molar-refractivity contribution is 5.92. The summed E-state index contributed by atoms with van der Waals surface area (Å²) < 4.78 is 27.8. The Morgan fingerprint density at radius 1 is 1.17 bits per heavy atom. The molecule has 1 aliphatic carbocycles. The first-order valence-electron chi connectivity index (χ1n) is 10.1. The lowest BCUT2D eigenvalue weighted by atomic mass is 9.70. The second-order valence-electron chi connectivity index (χ2n) is 8.28. The van der Waals surface area contributed by atoms with Gasteiger partial charge in [0.1, 0.15) is 11.3 Å². The predicted octanol–water partition coefficient (Wildman–Crippen LogP) is 4.02. The molecule has 0 bridgehead atoms. The van der Waals surface area contributed by atoms with Crippen LogP contribution in [0.1, 0.15) is 51.5 Å². The monoisotopic (exact) mass is 417 g/mol. The van der Waals surface area contributed by atoms with Gasteiger partial charge in [-0.25, -0.2) is 4.79 Å². The van der Waals surface area contributed by atoms with Gasteiger partial charge in [0.05, 0.1) is 27.9 Å². The van der Waals surface area contributed by atoms with Crippen molar-refractivity contribution in [1.29, 1.82) is 0 Å². The van der Waals surface area contributed by atoms with Gasteiger partial charge in [-0.05, 0) is 48.4 Å². The minimum atomic E-state index is -0.481. The molecule has 1 aromatic rings. The second kappa shape index (κ2) is 8.50. The molecule has 0 fully saturated rings. The average Bonchev–Trinajstić information content (AvgIpc) is 2.70. The molecule has 0 saturated carbocycles. The quantitative estimate of drug-likeness (QED) is 0.699. The molecule has 7 nitrogen and oxygen atoms in total. The van der Waals surface area contributed by atoms with Crippen molar-refractivity contribution >= 4 is 5.97 Å². The third kappa shape index (κ3) is 3.93. The highest BCUT2D eigenvalue weighted by atomic mass is 16.5. The summed E-state index contributed by atoms with van der Waals surface area (Å²) in [4.78, 5) is 12.9. The van der Waals surface area contributed by atoms with Crippen molar-refractivity contribution in [3.63, 3.8) is 0 Å². The molecule has 30 heavy (non-hydrogen) atoms. The molecular formula is C23H31NO6. The van der Waals surface area contributed by atoms with Gasteiger partial charge in [0, 0.05) is 12.3 Å². The Hall–Kier alpha value is -2.83. The number of methoxy groups -OCH3 is 3. The summed E-state index contributed by atoms with van der Waals surface area (Å²) in [5.74, 6) is 1.54. The van der Waals surface area contributed by atoms with Crippen molar-refractivity contribution in [3.05, 3.63) is 40.5 Å². The third-order valence-corrected chi connectivity index (χ3v) is 5.72. The van der Waals surface area contributed by atoms with Gasteiger partial charge in [-0.3, -0.25) is 0 Å². The van der Waals surface area contributed by atoms with Gasteiger partial charge in [-0.15, -0.1) is 0 Å². The maximum Gasteiger partial charge on any atom is 0.340 e. The molecule has 1 unspecified atom stereocenters. The molecule has 0 aromatic heterocycles. The van der Waals surface area contributed by atoms with Gasteiger partial charge in [0.25, 0.3) is 0 Å². The Morgan fingerprint density at radius 3 is 2.33 bits per heavy atom. The number of benzene rings is 1. The molecule has 0 amide bonds. The molecule has 0 radical (unpaired) electrons. The highest BCUT2D eigenvalue weighted by Crippen LogP contribution is 2.51. The topological polar surface area (TPSA) is 89.2 Å². The van der Waals surface area contributed by atoms with Crippen molar-refractivity contribution in [2.75, 3.05) is 27.9 Å². The Balaban J connectivity index is 2.21. The van der Waals surface area contributed by atoms with E-state index >= 15 is 0 Å². The van der Waals surface area contributed by atoms with Crippen LogP contribution in [0.4, 0.5) is 0 Å². The van der Waals surface area contributed by atoms with E-state index in [9.17, 15) is 4.79 Å². The van der Waals surface area contributed by atoms with Crippen LogP contribution in [0.2, 0.25) is 0 Å². The summed E-state index contributed by atoms with van der Waals surface area (Å²) in [6.07, 6.45) is 2.52. The van der Waals surface area contributed by atoms with Gasteiger partial charge in [-0.1, -0.05) is 13.8 Å². The van der Waals surface area contributed by atoms with E-state index in [-0.39, 0.29) is 17.9 Å². The van der Waals surface area contributed by atoms with Crippen LogP contribution in [0.5, 0.6) is 17.2 Å². The first-order chi connectivity index (χ1) is 14.3. The van der Waals surface area contributed by atoms with Crippen molar-refractivity contribution in [1.82, 2.24) is 0 Å². The number of esters is 1. The summed E-state index contributed by atoms with van der Waals surface area (Å²) in [5, 5.41) is 0. The normalized spacial score (nSPS) is 20.3. The Labute approximate surface area is 177 Å². The van der Waals surface area contributed by atoms with E-state index in [1.165, 1.54) is 0 Å². The Kier molecular flexibility index (Phi) is 6.19. The van der Waals surface area contributed by atoms with E-state index < -0.39 is 11.9 Å². The summed E-state index contributed by atoms with van der Waals surface area (Å²) in [7, 11) is 4.69. The van der Waals surface area contributed by atoms with Crippen LogP contribution in [0.3, 0.4) is 0 Å². The molecule has 164 valence electrons. The minimum absolute atomic E-state index is 0.0867. The van der Waals surface area contributed by atoms with Gasteiger partial charge >= 0.3 is 5.97 Å². The minimum Gasteiger partial charge on any atom is -0.493 e. The smallest absolute Gasteiger partial charge is 0.340 e. The number of hydrogen-bond donors (Lipinski definition) is 1. The van der Waals surface area contributed by atoms with Crippen LogP contribution in [-0.4, -0.2) is 33.9 Å². The average molecular weight is 418 g/mol. The van der Waals surface area contributed by atoms with Crippen LogP contribution in [0, 0.1) is 5.41 Å². The molecular weight excluding hydrogens is 386 g/mol. The zero-order valence-corrected chi connectivity index (χ0v) is 18.6. The van der Waals surface area contributed by atoms with Gasteiger partial charge in [-0.2, -0.15) is 0 Å². The van der Waals surface area contributed by atoms with Crippen LogP contribution in [0.15, 0.2) is 34.9 Å². The van der Waals surface area contributed by atoms with Crippen molar-refractivity contribution < 1.29 is 28.5 Å². The van der Waals surface area contributed by atoms with Crippen LogP contribution in [-0.2, 0) is 14.3 Å². The number of ether oxygens (including phenoxy) is 5. The van der Waals surface area contributed by atoms with E-state index in [2.05, 4.69) is 13.8 Å². The van der Waals surface area contributed by atoms with E-state index in [0.29, 0.717) is 22.8 Å². The molecule has 0 spiro atoms. The van der Waals surface area contributed by atoms with Gasteiger partial charge in [0.2, 0.25) is 11.6 Å². The Morgan fingerprint density at radius 2 is 1.80 bits per heavy atom. The first-order valence-corrected chi connectivity index (χ1v) is 10.1. The van der Waals surface area contributed by atoms with Crippen LogP contribution in [0.25, 0.3) is 0 Å². The summed E-state index contributed by atoms with van der Waals surface area (Å²) >= 11 is 0. The predicted molar refractivity (Wildman–Crippen MR) is 112 cm³/mol. The van der Waals surface area contributed by atoms with Crippen molar-refractivity contribution in [2.24, 2.45) is 11.1 Å². The maximum absolute atomic E-state index is 12.9. The first kappa shape index (κ1) is 21.9. The fourth-order valence-electron chi connectivity index (χ4n) is 4.22. The second-order valence-corrected chi connectivity index (χ2v) is 8.28. The largest absolute Gasteiger partial charge is 0.493 e. The fourth-order valence-corrected chi connectivity index (χ4v) is 4.22. The van der Waals surface area contributed by atoms with E-state index in [1.807, 2.05) is 12.1 Å². The third-order valence-electron chi connectivity index (χ3n) is 5.72. The molecule has 2 N–H and O–H groups in total. The zero-order valence-electron chi connectivity index (χ0n) is 18.6. The molecule has 1 aliphatic heterocycles. The number of allylic oxidation sites excluding steroid dienone is 2. The highest BCUT2D eigenvalue weighted by Gasteiger charge is 2.41. The van der Waals surface area contributed by atoms with E-state index in [0.717, 1.165) is 36.2 Å². The molecule has 1 atom stereocenters. The lowest BCUT2D eigenvalue weighted by Gasteiger charge is -2.39. The van der Waals surface area contributed by atoms with E-state index in [1.54, 1.807) is 28.3 Å². The van der Waals surface area contributed by atoms with Crippen LogP contribution < -0.4 is 19.9 Å². The SMILES string of the molecule is CCOC(=O)C1=C(N)OC2=C(CCC(C)(C)C2)C1c1cc(OC)c(OC)c(OC)c1. The lowest BCUT2D eigenvalue weighted by Crippen LogP contribution is -2.31. The number of hydrogen-bond acceptors (Lipinski definition) is 7. The molecule has 2 aliphatic rings. The van der Waals surface area contributed by atoms with Crippen molar-refractivity contribution in [2.45, 2.75) is 46.0 Å². The molecule has 1 heterocycles. The molecule has 7 heteroatoms. The number of nitrogens with two attached hydrogens (primary N) is 1. The van der Waals surface area contributed by atoms with Gasteiger partial charge in [0.15, 0.2) is 11.5 Å². The maximum atomic E-state index is 12.9. The lowest BCUT2D eigenvalue weighted by molar-refractivity contribution is -0.139. The summed E-state index contributed by atoms with van der Waals surface area (Å²) in [6.45, 7) is 6.42. The fraction of sp³-hybridized carbons (Fsp3) is 0.522. The standard InChI is InChI=1S/C23H31NO6/c1-7-29-22(25)19-18(13-10-15(26-4)20(28-6)16(11-13)27-5)14-8-9-23(2,3)12-17(14)30-21(19)24/h10-11,18H,7-9,12,24H2,1-6H3. The van der Waals surface area contributed by atoms with Gasteiger partial charge < -0.3 is 29.4 Å². The van der Waals surface area contributed by atoms with Crippen molar-refractivity contribution in [3.8, 4) is 17.2 Å². The zero-order chi connectivity index (χ0) is 22.1. The summed E-state index contributed by atoms with van der Waals surface area (Å²) in [6, 6.07) is 3.71. The number of carbonyl (C=O) groups excluding carboxylic acids is 1. The van der Waals surface area contributed by atoms with Crippen LogP contribution >= 0.6 is 0 Å². The number of rotatable bonds is 6. The Bertz CT molecular complexity index is 874. The number of carbonyl (C=O) groups is 1. The molecule has 1 aromatic carbocycles. The summed E-state index contributed by atoms with van der Waals surface area (Å²) in [5.41, 5.74) is 8.53. The molecule has 0 saturated heterocycles. The molecule has 3 rings (SSSR count).